The molecule has 356 valence electrons. The van der Waals surface area contributed by atoms with Crippen LogP contribution in [-0.4, -0.2) is 47.4 Å². The van der Waals surface area contributed by atoms with Crippen LogP contribution in [0, 0.1) is 0 Å². The summed E-state index contributed by atoms with van der Waals surface area (Å²) in [5.41, 5.74) is 0. The molecule has 0 saturated carbocycles. The summed E-state index contributed by atoms with van der Waals surface area (Å²) in [6, 6.07) is -0.640. The van der Waals surface area contributed by atoms with E-state index in [9.17, 15) is 19.8 Å². The van der Waals surface area contributed by atoms with Crippen molar-refractivity contribution in [2.45, 2.75) is 276 Å². The zero-order valence-electron chi connectivity index (χ0n) is 40.4. The summed E-state index contributed by atoms with van der Waals surface area (Å²) in [7, 11) is 0. The van der Waals surface area contributed by atoms with Gasteiger partial charge in [0, 0.05) is 12.8 Å². The van der Waals surface area contributed by atoms with Crippen molar-refractivity contribution in [2.24, 2.45) is 0 Å². The molecule has 0 rings (SSSR count). The van der Waals surface area contributed by atoms with Crippen LogP contribution in [0.5, 0.6) is 0 Å². The monoisotopic (exact) mass is 856 g/mol. The van der Waals surface area contributed by atoms with Crippen molar-refractivity contribution >= 4 is 11.9 Å². The van der Waals surface area contributed by atoms with Crippen molar-refractivity contribution in [1.82, 2.24) is 5.32 Å². The lowest BCUT2D eigenvalue weighted by atomic mass is 10.1. The lowest BCUT2D eigenvalue weighted by Crippen LogP contribution is -2.45. The van der Waals surface area contributed by atoms with E-state index in [1.165, 1.54) is 167 Å². The standard InChI is InChI=1S/C55H101NO5/c1-3-5-7-9-11-13-15-17-18-22-25-29-33-37-41-45-49-55(60)61-50-46-42-38-34-30-26-23-20-19-21-24-28-32-36-40-44-48-54(59)56-52(51-57)53(58)47-43-39-35-31-27-16-14-12-10-8-6-4-2/h13,15,18-19,21-22,43,47,52-53,57-58H,3-12,14,16-17,20,23-42,44-46,48-51H2,1-2H3,(H,56,59)/b15-13-,21-19-,22-18-,47-43+. The zero-order valence-corrected chi connectivity index (χ0v) is 40.4. The van der Waals surface area contributed by atoms with Gasteiger partial charge in [0.05, 0.1) is 25.4 Å². The second-order valence-electron chi connectivity index (χ2n) is 17.8. The summed E-state index contributed by atoms with van der Waals surface area (Å²) in [6.07, 6.45) is 62.5. The number of carbonyl (C=O) groups excluding carboxylic acids is 2. The Hall–Kier alpha value is -2.18. The van der Waals surface area contributed by atoms with Crippen LogP contribution in [0.2, 0.25) is 0 Å². The van der Waals surface area contributed by atoms with Gasteiger partial charge in [-0.25, -0.2) is 0 Å². The fraction of sp³-hybridized carbons (Fsp3) is 0.818. The van der Waals surface area contributed by atoms with Crippen molar-refractivity contribution in [2.75, 3.05) is 13.2 Å². The number of nitrogens with one attached hydrogen (secondary N) is 1. The summed E-state index contributed by atoms with van der Waals surface area (Å²) in [4.78, 5) is 24.4. The number of hydrogen-bond acceptors (Lipinski definition) is 5. The van der Waals surface area contributed by atoms with Crippen LogP contribution in [0.1, 0.15) is 264 Å². The Balaban J connectivity index is 3.50. The first kappa shape index (κ1) is 58.8. The fourth-order valence-corrected chi connectivity index (χ4v) is 7.71. The van der Waals surface area contributed by atoms with E-state index in [0.29, 0.717) is 19.4 Å². The number of unbranched alkanes of at least 4 members (excludes halogenated alkanes) is 31. The zero-order chi connectivity index (χ0) is 44.4. The first-order valence-electron chi connectivity index (χ1n) is 26.4. The molecule has 0 fully saturated rings. The molecule has 0 aliphatic carbocycles. The maximum atomic E-state index is 12.4. The van der Waals surface area contributed by atoms with E-state index in [0.717, 1.165) is 70.6 Å². The smallest absolute Gasteiger partial charge is 0.305 e. The molecule has 0 aromatic heterocycles. The minimum absolute atomic E-state index is 0.0183. The molecule has 2 unspecified atom stereocenters. The normalized spacial score (nSPS) is 13.0. The number of esters is 1. The van der Waals surface area contributed by atoms with Crippen LogP contribution in [0.25, 0.3) is 0 Å². The van der Waals surface area contributed by atoms with E-state index < -0.39 is 12.1 Å². The van der Waals surface area contributed by atoms with Gasteiger partial charge in [-0.1, -0.05) is 210 Å². The lowest BCUT2D eigenvalue weighted by Gasteiger charge is -2.20. The molecule has 2 atom stereocenters. The minimum atomic E-state index is -0.855. The molecular weight excluding hydrogens is 755 g/mol. The quantitative estimate of drug-likeness (QED) is 0.0322. The molecule has 0 heterocycles. The van der Waals surface area contributed by atoms with Gasteiger partial charge in [-0.3, -0.25) is 9.59 Å². The lowest BCUT2D eigenvalue weighted by molar-refractivity contribution is -0.143. The predicted molar refractivity (Wildman–Crippen MR) is 264 cm³/mol. The van der Waals surface area contributed by atoms with Crippen LogP contribution in [-0.2, 0) is 14.3 Å². The highest BCUT2D eigenvalue weighted by atomic mass is 16.5. The third kappa shape index (κ3) is 47.1. The molecule has 0 spiro atoms. The average molecular weight is 856 g/mol. The van der Waals surface area contributed by atoms with Gasteiger partial charge in [-0.15, -0.1) is 0 Å². The van der Waals surface area contributed by atoms with Crippen LogP contribution in [0.3, 0.4) is 0 Å². The number of hydrogen-bond donors (Lipinski definition) is 3. The molecule has 6 nitrogen and oxygen atoms in total. The molecule has 0 aromatic rings. The molecule has 0 bridgehead atoms. The van der Waals surface area contributed by atoms with Gasteiger partial charge in [0.1, 0.15) is 0 Å². The van der Waals surface area contributed by atoms with Crippen LogP contribution in [0.15, 0.2) is 48.6 Å². The van der Waals surface area contributed by atoms with E-state index in [4.69, 9.17) is 4.74 Å². The van der Waals surface area contributed by atoms with E-state index in [1.54, 1.807) is 6.08 Å². The molecule has 1 amide bonds. The Morgan fingerprint density at radius 1 is 0.459 bits per heavy atom. The molecular formula is C55H101NO5. The first-order valence-corrected chi connectivity index (χ1v) is 26.4. The predicted octanol–water partition coefficient (Wildman–Crippen LogP) is 15.8. The highest BCUT2D eigenvalue weighted by Gasteiger charge is 2.18. The number of amides is 1. The molecule has 0 saturated heterocycles. The maximum Gasteiger partial charge on any atom is 0.305 e. The molecule has 3 N–H and O–H groups in total. The molecule has 0 aliphatic rings. The maximum absolute atomic E-state index is 12.4. The summed E-state index contributed by atoms with van der Waals surface area (Å²) in [5, 5.41) is 23.0. The van der Waals surface area contributed by atoms with Crippen molar-refractivity contribution in [3.63, 3.8) is 0 Å². The highest BCUT2D eigenvalue weighted by molar-refractivity contribution is 5.76. The second kappa shape index (κ2) is 50.5. The Bertz CT molecular complexity index is 1040. The number of carbonyl (C=O) groups is 2. The largest absolute Gasteiger partial charge is 0.466 e. The SMILES string of the molecule is CCCCCC/C=C\C/C=C\CCCCCCCC(=O)OCCCCCCCCC/C=C\CCCCCCCC(=O)NC(CO)C(O)/C=C/CCCCCCCCCCCC. The van der Waals surface area contributed by atoms with Gasteiger partial charge in [0.2, 0.25) is 5.91 Å². The van der Waals surface area contributed by atoms with Gasteiger partial charge in [0.25, 0.3) is 0 Å². The summed E-state index contributed by atoms with van der Waals surface area (Å²) >= 11 is 0. The third-order valence-electron chi connectivity index (χ3n) is 11.8. The van der Waals surface area contributed by atoms with Gasteiger partial charge < -0.3 is 20.3 Å². The third-order valence-corrected chi connectivity index (χ3v) is 11.8. The number of aliphatic hydroxyl groups excluding tert-OH is 2. The van der Waals surface area contributed by atoms with E-state index in [-0.39, 0.29) is 18.5 Å². The fourth-order valence-electron chi connectivity index (χ4n) is 7.71. The second-order valence-corrected chi connectivity index (χ2v) is 17.8. The van der Waals surface area contributed by atoms with Crippen LogP contribution < -0.4 is 5.32 Å². The molecule has 61 heavy (non-hydrogen) atoms. The van der Waals surface area contributed by atoms with E-state index in [1.807, 2.05) is 6.08 Å². The van der Waals surface area contributed by atoms with Crippen LogP contribution in [0.4, 0.5) is 0 Å². The van der Waals surface area contributed by atoms with Crippen molar-refractivity contribution in [3.05, 3.63) is 48.6 Å². The number of ether oxygens (including phenoxy) is 1. The topological polar surface area (TPSA) is 95.9 Å². The number of rotatable bonds is 48. The minimum Gasteiger partial charge on any atom is -0.466 e. The molecule has 6 heteroatoms. The van der Waals surface area contributed by atoms with E-state index in [2.05, 4.69) is 55.6 Å². The molecule has 0 aromatic carbocycles. The van der Waals surface area contributed by atoms with Gasteiger partial charge in [0.15, 0.2) is 0 Å². The Morgan fingerprint density at radius 2 is 0.820 bits per heavy atom. The first-order chi connectivity index (χ1) is 30.0. The Morgan fingerprint density at radius 3 is 1.28 bits per heavy atom. The number of allylic oxidation sites excluding steroid dienone is 7. The van der Waals surface area contributed by atoms with Crippen molar-refractivity contribution in [3.8, 4) is 0 Å². The Labute approximate surface area is 378 Å². The summed E-state index contributed by atoms with van der Waals surface area (Å²) in [6.45, 7) is 4.84. The highest BCUT2D eigenvalue weighted by Crippen LogP contribution is 2.14. The molecule has 0 aliphatic heterocycles. The van der Waals surface area contributed by atoms with E-state index >= 15 is 0 Å². The van der Waals surface area contributed by atoms with Gasteiger partial charge >= 0.3 is 5.97 Å². The summed E-state index contributed by atoms with van der Waals surface area (Å²) < 4.78 is 5.46. The Kier molecular flexibility index (Phi) is 48.7. The van der Waals surface area contributed by atoms with Crippen LogP contribution >= 0.6 is 0 Å². The average Bonchev–Trinajstić information content (AvgIpc) is 3.26. The van der Waals surface area contributed by atoms with Crippen molar-refractivity contribution < 1.29 is 24.5 Å². The van der Waals surface area contributed by atoms with Gasteiger partial charge in [-0.2, -0.15) is 0 Å². The molecule has 0 radical (unpaired) electrons. The number of aliphatic hydroxyl groups is 2. The van der Waals surface area contributed by atoms with Gasteiger partial charge in [-0.05, 0) is 89.9 Å². The van der Waals surface area contributed by atoms with Crippen molar-refractivity contribution in [1.29, 1.82) is 0 Å². The summed E-state index contributed by atoms with van der Waals surface area (Å²) in [5.74, 6) is -0.106.